The van der Waals surface area contributed by atoms with E-state index in [9.17, 15) is 0 Å². The molecular weight excluding hydrogens is 128 g/mol. The molecule has 0 N–H and O–H groups in total. The molecule has 53 valence electrons. The van der Waals surface area contributed by atoms with Crippen LogP contribution in [0.25, 0.3) is 0 Å². The third-order valence-corrected chi connectivity index (χ3v) is 3.77. The second kappa shape index (κ2) is 5.89. The van der Waals surface area contributed by atoms with Crippen molar-refractivity contribution in [3.8, 4) is 0 Å². The lowest BCUT2D eigenvalue weighted by atomic mass is 10.9. The van der Waals surface area contributed by atoms with Crippen LogP contribution in [0.4, 0.5) is 0 Å². The van der Waals surface area contributed by atoms with Crippen molar-refractivity contribution in [3.05, 3.63) is 12.0 Å². The van der Waals surface area contributed by atoms with Gasteiger partial charge < -0.3 is 4.74 Å². The topological polar surface area (TPSA) is 9.23 Å². The monoisotopic (exact) mass is 143 g/mol. The molecule has 0 aliphatic carbocycles. The average molecular weight is 143 g/mol. The maximum atomic E-state index is 4.82. The molecule has 0 unspecified atom stereocenters. The quantitative estimate of drug-likeness (QED) is 0.433. The predicted octanol–water partition coefficient (Wildman–Crippen LogP) is 2.22. The van der Waals surface area contributed by atoms with Crippen LogP contribution in [-0.4, -0.2) is 15.9 Å². The normalized spacial score (nSPS) is 11.1. The zero-order valence-electron chi connectivity index (χ0n) is 6.48. The van der Waals surface area contributed by atoms with Gasteiger partial charge in [0.15, 0.2) is 0 Å². The van der Waals surface area contributed by atoms with Crippen LogP contribution in [0.5, 0.6) is 0 Å². The van der Waals surface area contributed by atoms with E-state index in [1.165, 1.54) is 12.1 Å². The predicted molar refractivity (Wildman–Crippen MR) is 42.9 cm³/mol. The standard InChI is InChI=1S/C7H15OSi/c1-4-9(5-2)7-6-8-3/h6-7H,4-5H2,1-3H3. The van der Waals surface area contributed by atoms with Crippen LogP contribution in [0.3, 0.4) is 0 Å². The Kier molecular flexibility index (Phi) is 5.73. The molecule has 0 heterocycles. The second-order valence-corrected chi connectivity index (χ2v) is 4.97. The van der Waals surface area contributed by atoms with Gasteiger partial charge in [0.25, 0.3) is 0 Å². The van der Waals surface area contributed by atoms with E-state index < -0.39 is 0 Å². The average Bonchev–Trinajstić information content (AvgIpc) is 1.91. The number of methoxy groups -OCH3 is 1. The Balaban J connectivity index is 3.41. The van der Waals surface area contributed by atoms with E-state index in [1.54, 1.807) is 13.4 Å². The van der Waals surface area contributed by atoms with Crippen LogP contribution in [0.15, 0.2) is 12.0 Å². The Morgan fingerprint density at radius 1 is 1.33 bits per heavy atom. The summed E-state index contributed by atoms with van der Waals surface area (Å²) >= 11 is 0. The van der Waals surface area contributed by atoms with Crippen molar-refractivity contribution in [2.75, 3.05) is 7.11 Å². The van der Waals surface area contributed by atoms with Gasteiger partial charge in [-0.05, 0) is 0 Å². The van der Waals surface area contributed by atoms with E-state index >= 15 is 0 Å². The van der Waals surface area contributed by atoms with Crippen LogP contribution in [-0.2, 0) is 4.74 Å². The molecular formula is C7H15OSi. The Morgan fingerprint density at radius 2 is 1.89 bits per heavy atom. The minimum absolute atomic E-state index is 0.191. The highest BCUT2D eigenvalue weighted by Gasteiger charge is 1.98. The third kappa shape index (κ3) is 4.27. The number of ether oxygens (including phenoxy) is 1. The Bertz CT molecular complexity index is 77.0. The van der Waals surface area contributed by atoms with Crippen LogP contribution in [0.2, 0.25) is 12.1 Å². The molecule has 0 aromatic carbocycles. The van der Waals surface area contributed by atoms with Gasteiger partial charge in [-0.15, -0.1) is 0 Å². The highest BCUT2D eigenvalue weighted by Crippen LogP contribution is 1.98. The summed E-state index contributed by atoms with van der Waals surface area (Å²) in [5.41, 5.74) is 2.21. The molecule has 1 nitrogen and oxygen atoms in total. The lowest BCUT2D eigenvalue weighted by Crippen LogP contribution is -2.03. The van der Waals surface area contributed by atoms with Crippen molar-refractivity contribution in [2.45, 2.75) is 25.9 Å². The molecule has 0 aliphatic heterocycles. The van der Waals surface area contributed by atoms with E-state index in [4.69, 9.17) is 4.74 Å². The number of hydrogen-bond donors (Lipinski definition) is 0. The summed E-state index contributed by atoms with van der Waals surface area (Å²) in [6, 6.07) is 2.61. The molecule has 0 aliphatic rings. The highest BCUT2D eigenvalue weighted by molar-refractivity contribution is 6.63. The molecule has 0 amide bonds. The zero-order valence-corrected chi connectivity index (χ0v) is 7.48. The number of rotatable bonds is 4. The first-order chi connectivity index (χ1) is 4.35. The summed E-state index contributed by atoms with van der Waals surface area (Å²) in [7, 11) is 1.50. The second-order valence-electron chi connectivity index (χ2n) is 1.90. The first kappa shape index (κ1) is 8.76. The largest absolute Gasteiger partial charge is 0.505 e. The molecule has 0 atom stereocenters. The third-order valence-electron chi connectivity index (χ3n) is 1.35. The Labute approximate surface area is 59.3 Å². The molecule has 0 saturated heterocycles. The first-order valence-electron chi connectivity index (χ1n) is 3.39. The van der Waals surface area contributed by atoms with Crippen molar-refractivity contribution in [2.24, 2.45) is 0 Å². The van der Waals surface area contributed by atoms with Gasteiger partial charge in [-0.3, -0.25) is 0 Å². The molecule has 0 aromatic rings. The molecule has 0 saturated carbocycles. The van der Waals surface area contributed by atoms with E-state index in [2.05, 4.69) is 19.5 Å². The lowest BCUT2D eigenvalue weighted by molar-refractivity contribution is 0.338. The fourth-order valence-electron chi connectivity index (χ4n) is 0.650. The van der Waals surface area contributed by atoms with Gasteiger partial charge in [0.2, 0.25) is 0 Å². The van der Waals surface area contributed by atoms with Crippen molar-refractivity contribution in [1.82, 2.24) is 0 Å². The summed E-state index contributed by atoms with van der Waals surface area (Å²) in [6.07, 6.45) is 1.81. The van der Waals surface area contributed by atoms with E-state index in [1.807, 2.05) is 0 Å². The van der Waals surface area contributed by atoms with Crippen molar-refractivity contribution >= 4 is 8.80 Å². The van der Waals surface area contributed by atoms with Crippen molar-refractivity contribution in [3.63, 3.8) is 0 Å². The van der Waals surface area contributed by atoms with Gasteiger partial charge in [0, 0.05) is 0 Å². The van der Waals surface area contributed by atoms with Gasteiger partial charge in [0.1, 0.15) is 0 Å². The molecule has 0 fully saturated rings. The summed E-state index contributed by atoms with van der Waals surface area (Å²) < 4.78 is 4.82. The van der Waals surface area contributed by atoms with E-state index in [0.29, 0.717) is 0 Å². The van der Waals surface area contributed by atoms with Crippen molar-refractivity contribution in [1.29, 1.82) is 0 Å². The van der Waals surface area contributed by atoms with Crippen molar-refractivity contribution < 1.29 is 4.74 Å². The minimum Gasteiger partial charge on any atom is -0.505 e. The summed E-state index contributed by atoms with van der Waals surface area (Å²) in [5, 5.41) is 0. The fraction of sp³-hybridized carbons (Fsp3) is 0.714. The van der Waals surface area contributed by atoms with Crippen LogP contribution in [0.1, 0.15) is 13.8 Å². The van der Waals surface area contributed by atoms with Gasteiger partial charge in [0.05, 0.1) is 22.2 Å². The number of hydrogen-bond acceptors (Lipinski definition) is 1. The molecule has 2 heteroatoms. The summed E-state index contributed by atoms with van der Waals surface area (Å²) in [6.45, 7) is 4.47. The molecule has 9 heavy (non-hydrogen) atoms. The van der Waals surface area contributed by atoms with Gasteiger partial charge in [-0.25, -0.2) is 0 Å². The molecule has 1 radical (unpaired) electrons. The molecule has 0 bridgehead atoms. The lowest BCUT2D eigenvalue weighted by Gasteiger charge is -2.00. The van der Waals surface area contributed by atoms with Crippen LogP contribution < -0.4 is 0 Å². The van der Waals surface area contributed by atoms with Gasteiger partial charge in [-0.2, -0.15) is 0 Å². The molecule has 0 spiro atoms. The van der Waals surface area contributed by atoms with Gasteiger partial charge >= 0.3 is 0 Å². The Morgan fingerprint density at radius 3 is 2.22 bits per heavy atom. The van der Waals surface area contributed by atoms with Crippen LogP contribution >= 0.6 is 0 Å². The summed E-state index contributed by atoms with van der Waals surface area (Å²) in [5.74, 6) is 0. The first-order valence-corrected chi connectivity index (χ1v) is 5.38. The minimum atomic E-state index is -0.191. The maximum absolute atomic E-state index is 4.82. The smallest absolute Gasteiger partial charge is 0.0793 e. The van der Waals surface area contributed by atoms with Gasteiger partial charge in [-0.1, -0.05) is 31.6 Å². The Hall–Kier alpha value is -0.243. The van der Waals surface area contributed by atoms with E-state index in [-0.39, 0.29) is 8.80 Å². The fourth-order valence-corrected chi connectivity index (χ4v) is 1.95. The zero-order chi connectivity index (χ0) is 7.11. The van der Waals surface area contributed by atoms with Crippen LogP contribution in [0, 0.1) is 0 Å². The molecule has 0 rings (SSSR count). The van der Waals surface area contributed by atoms with E-state index in [0.717, 1.165) is 0 Å². The SMILES string of the molecule is CC[Si](C=COC)CC. The maximum Gasteiger partial charge on any atom is 0.0793 e. The molecule has 0 aromatic heterocycles. The summed E-state index contributed by atoms with van der Waals surface area (Å²) in [4.78, 5) is 0. The highest BCUT2D eigenvalue weighted by atomic mass is 28.3.